The number of nitrogens with zero attached hydrogens (tertiary/aromatic N) is 3. The minimum Gasteiger partial charge on any atom is -0.348 e. The second kappa shape index (κ2) is 8.97. The van der Waals surface area contributed by atoms with Gasteiger partial charge in [0.2, 0.25) is 10.0 Å². The number of aromatic nitrogens is 3. The van der Waals surface area contributed by atoms with E-state index in [0.717, 1.165) is 53.1 Å². The summed E-state index contributed by atoms with van der Waals surface area (Å²) in [5.41, 5.74) is 4.49. The molecule has 2 aromatic heterocycles. The summed E-state index contributed by atoms with van der Waals surface area (Å²) in [4.78, 5) is 12.2. The molecule has 0 radical (unpaired) electrons. The highest BCUT2D eigenvalue weighted by atomic mass is 35.5. The van der Waals surface area contributed by atoms with Gasteiger partial charge in [0.1, 0.15) is 10.5 Å². The minimum atomic E-state index is -3.18. The van der Waals surface area contributed by atoms with E-state index >= 15 is 0 Å². The van der Waals surface area contributed by atoms with E-state index in [0.29, 0.717) is 18.1 Å². The summed E-state index contributed by atoms with van der Waals surface area (Å²) >= 11 is 6.41. The standard InChI is InChI=1S/C25H26ClN4O2S/c1-33(31,32)30-11-8-17(9-12-30)24-22-7-5-20(26)14-19(22)13-18(4-6-21-15-27-16-29-21)23-3-2-10-28-25(23)24/h2-3,5,7,10,13-17H,4,6,8-9,11-12H2,1H3,(H,27,29)/q+1. The number of hydrogen-bond donors (Lipinski definition) is 1. The number of rotatable bonds is 5. The van der Waals surface area contributed by atoms with E-state index in [9.17, 15) is 8.42 Å². The lowest BCUT2D eigenvalue weighted by Gasteiger charge is -2.29. The van der Waals surface area contributed by atoms with Gasteiger partial charge in [0.15, 0.2) is 0 Å². The Balaban J connectivity index is 1.67. The molecule has 0 saturated carbocycles. The van der Waals surface area contributed by atoms with Crippen LogP contribution in [0.5, 0.6) is 0 Å². The molecular weight excluding hydrogens is 456 g/mol. The van der Waals surface area contributed by atoms with E-state index in [1.54, 1.807) is 10.6 Å². The van der Waals surface area contributed by atoms with Crippen LogP contribution in [0.25, 0.3) is 21.7 Å². The maximum Gasteiger partial charge on any atom is 0.211 e. The number of sulfonamides is 1. The predicted molar refractivity (Wildman–Crippen MR) is 133 cm³/mol. The van der Waals surface area contributed by atoms with Crippen molar-refractivity contribution in [3.05, 3.63) is 77.0 Å². The van der Waals surface area contributed by atoms with Gasteiger partial charge in [-0.15, -0.1) is 0 Å². The average molecular weight is 482 g/mol. The number of aromatic amines is 1. The zero-order valence-electron chi connectivity index (χ0n) is 18.5. The molecule has 1 aliphatic rings. The summed E-state index contributed by atoms with van der Waals surface area (Å²) in [6.45, 7) is 1.05. The Morgan fingerprint density at radius 1 is 1.18 bits per heavy atom. The van der Waals surface area contributed by atoms with Gasteiger partial charge in [-0.1, -0.05) is 0 Å². The number of imidazole rings is 1. The van der Waals surface area contributed by atoms with E-state index in [-0.39, 0.29) is 5.92 Å². The lowest BCUT2D eigenvalue weighted by molar-refractivity contribution is 0.323. The van der Waals surface area contributed by atoms with Gasteiger partial charge >= 0.3 is 0 Å². The molecule has 4 aromatic rings. The molecule has 0 bridgehead atoms. The van der Waals surface area contributed by atoms with Crippen LogP contribution in [0, 0.1) is 0 Å². The average Bonchev–Trinajstić information content (AvgIpc) is 3.27. The van der Waals surface area contributed by atoms with Gasteiger partial charge in [0, 0.05) is 78.7 Å². The van der Waals surface area contributed by atoms with Crippen LogP contribution in [0.15, 0.2) is 55.1 Å². The number of benzene rings is 1. The van der Waals surface area contributed by atoms with E-state index in [2.05, 4.69) is 28.2 Å². The predicted octanol–water partition coefficient (Wildman–Crippen LogP) is 4.97. The SMILES string of the molecule is CS(=O)(=O)N1CCC(c2c3ncccc3c(CCc3cnc[nH]3)c[c+]3cc(Cl)ccc23)CC1. The number of aryl methyl sites for hydroxylation is 2. The molecule has 0 aliphatic carbocycles. The highest BCUT2D eigenvalue weighted by Gasteiger charge is 2.30. The Morgan fingerprint density at radius 3 is 2.73 bits per heavy atom. The van der Waals surface area contributed by atoms with Crippen LogP contribution in [0.3, 0.4) is 0 Å². The van der Waals surface area contributed by atoms with E-state index in [1.165, 1.54) is 17.4 Å². The third-order valence-corrected chi connectivity index (χ3v) is 8.13. The first-order valence-electron chi connectivity index (χ1n) is 11.2. The summed E-state index contributed by atoms with van der Waals surface area (Å²) in [5.74, 6) is 0.219. The van der Waals surface area contributed by atoms with Gasteiger partial charge in [-0.3, -0.25) is 0 Å². The number of halogens is 1. The molecule has 1 saturated heterocycles. The number of fused-ring (bicyclic) bond motifs is 2. The second-order valence-electron chi connectivity index (χ2n) is 8.73. The molecule has 0 unspecified atom stereocenters. The first-order valence-corrected chi connectivity index (χ1v) is 13.4. The van der Waals surface area contributed by atoms with Gasteiger partial charge in [0.05, 0.1) is 28.9 Å². The fraction of sp³-hybridized carbons (Fsp3) is 0.320. The minimum absolute atomic E-state index is 0.219. The Morgan fingerprint density at radius 2 is 2.00 bits per heavy atom. The fourth-order valence-corrected chi connectivity index (χ4v) is 6.01. The third kappa shape index (κ3) is 4.58. The molecule has 2 aromatic carbocycles. The van der Waals surface area contributed by atoms with Gasteiger partial charge in [-0.2, -0.15) is 0 Å². The molecule has 3 heterocycles. The van der Waals surface area contributed by atoms with E-state index in [4.69, 9.17) is 16.6 Å². The number of nitrogens with one attached hydrogen (secondary N) is 1. The van der Waals surface area contributed by atoms with Gasteiger partial charge in [-0.25, -0.2) is 22.7 Å². The highest BCUT2D eigenvalue weighted by molar-refractivity contribution is 7.88. The summed E-state index contributed by atoms with van der Waals surface area (Å²) in [6, 6.07) is 12.4. The molecule has 1 fully saturated rings. The Kier molecular flexibility index (Phi) is 6.03. The van der Waals surface area contributed by atoms with Crippen LogP contribution in [-0.2, 0) is 22.9 Å². The van der Waals surface area contributed by atoms with Crippen molar-refractivity contribution in [3.8, 4) is 0 Å². The zero-order valence-corrected chi connectivity index (χ0v) is 20.0. The van der Waals surface area contributed by atoms with Crippen LogP contribution in [0.4, 0.5) is 0 Å². The number of hydrogen-bond acceptors (Lipinski definition) is 4. The third-order valence-electron chi connectivity index (χ3n) is 6.59. The maximum atomic E-state index is 12.0. The number of H-pyrrole nitrogens is 1. The maximum absolute atomic E-state index is 12.0. The lowest BCUT2D eigenvalue weighted by Crippen LogP contribution is -2.37. The van der Waals surface area contributed by atoms with Crippen LogP contribution in [-0.4, -0.2) is 47.0 Å². The van der Waals surface area contributed by atoms with Crippen molar-refractivity contribution in [2.24, 2.45) is 0 Å². The molecule has 8 heteroatoms. The second-order valence-corrected chi connectivity index (χ2v) is 11.1. The quantitative estimate of drug-likeness (QED) is 0.408. The molecular formula is C25H26ClN4O2S+. The topological polar surface area (TPSA) is 79.0 Å². The smallest absolute Gasteiger partial charge is 0.211 e. The zero-order chi connectivity index (χ0) is 23.0. The van der Waals surface area contributed by atoms with Crippen molar-refractivity contribution in [3.63, 3.8) is 0 Å². The molecule has 1 N–H and O–H groups in total. The van der Waals surface area contributed by atoms with E-state index < -0.39 is 10.0 Å². The molecule has 170 valence electrons. The molecule has 0 amide bonds. The monoisotopic (exact) mass is 481 g/mol. The van der Waals surface area contributed by atoms with Crippen LogP contribution < -0.4 is 0 Å². The van der Waals surface area contributed by atoms with E-state index in [1.807, 2.05) is 30.6 Å². The van der Waals surface area contributed by atoms with Crippen molar-refractivity contribution >= 4 is 43.3 Å². The van der Waals surface area contributed by atoms with Crippen molar-refractivity contribution in [1.82, 2.24) is 19.3 Å². The van der Waals surface area contributed by atoms with Gasteiger partial charge < -0.3 is 4.98 Å². The number of piperidine rings is 1. The molecule has 33 heavy (non-hydrogen) atoms. The Hall–Kier alpha value is -2.61. The molecule has 0 spiro atoms. The summed E-state index contributed by atoms with van der Waals surface area (Å²) in [7, 11) is -3.18. The Labute approximate surface area is 198 Å². The van der Waals surface area contributed by atoms with Gasteiger partial charge in [-0.05, 0) is 43.0 Å². The van der Waals surface area contributed by atoms with Crippen LogP contribution >= 0.6 is 11.6 Å². The molecule has 5 rings (SSSR count). The molecule has 0 atom stereocenters. The van der Waals surface area contributed by atoms with Crippen molar-refractivity contribution < 1.29 is 8.42 Å². The first-order chi connectivity index (χ1) is 15.9. The largest absolute Gasteiger partial charge is 0.348 e. The van der Waals surface area contributed by atoms with Crippen LogP contribution in [0.1, 0.15) is 35.6 Å². The summed E-state index contributed by atoms with van der Waals surface area (Å²) in [6.07, 6.45) is 9.92. The van der Waals surface area contributed by atoms with Crippen LogP contribution in [0.2, 0.25) is 5.02 Å². The van der Waals surface area contributed by atoms with Crippen molar-refractivity contribution in [1.29, 1.82) is 0 Å². The summed E-state index contributed by atoms with van der Waals surface area (Å²) < 4.78 is 25.7. The lowest BCUT2D eigenvalue weighted by atomic mass is 9.87. The highest BCUT2D eigenvalue weighted by Crippen LogP contribution is 2.39. The fourth-order valence-electron chi connectivity index (χ4n) is 4.96. The summed E-state index contributed by atoms with van der Waals surface area (Å²) in [5, 5.41) is 4.04. The van der Waals surface area contributed by atoms with Crippen molar-refractivity contribution in [2.45, 2.75) is 31.6 Å². The first kappa shape index (κ1) is 22.2. The molecule has 1 aliphatic heterocycles. The normalized spacial score (nSPS) is 15.9. The van der Waals surface area contributed by atoms with Gasteiger partial charge in [0.25, 0.3) is 0 Å². The van der Waals surface area contributed by atoms with Crippen molar-refractivity contribution in [2.75, 3.05) is 19.3 Å². The Bertz CT molecular complexity index is 1420. The number of pyridine rings is 1. The molecule has 6 nitrogen and oxygen atoms in total.